The zero-order valence-electron chi connectivity index (χ0n) is 16.0. The molecular weight excluding hydrogens is 573 g/mol. The zero-order valence-corrected chi connectivity index (χ0v) is 16.8. The molecule has 0 fully saturated rings. The molecule has 0 rings (SSSR count). The fraction of sp³-hybridized carbons (Fsp3) is 0.923. The highest BCUT2D eigenvalue weighted by Crippen LogP contribution is 2.64. The third-order valence-corrected chi connectivity index (χ3v) is 5.83. The van der Waals surface area contributed by atoms with Gasteiger partial charge in [-0.2, -0.15) is 74.6 Å². The average molecular weight is 583 g/mol. The summed E-state index contributed by atoms with van der Waals surface area (Å²) in [6.07, 6.45) is -12.1. The topological polar surface area (TPSA) is 77.2 Å². The Bertz CT molecular complexity index is 893. The van der Waals surface area contributed by atoms with Gasteiger partial charge in [0.2, 0.25) is 5.91 Å². The number of alkyl halides is 17. The van der Waals surface area contributed by atoms with Crippen LogP contribution in [0.1, 0.15) is 12.8 Å². The predicted molar refractivity (Wildman–Crippen MR) is 77.8 cm³/mol. The quantitative estimate of drug-likeness (QED) is 0.340. The summed E-state index contributed by atoms with van der Waals surface area (Å²) < 4.78 is 245. The lowest BCUT2D eigenvalue weighted by atomic mass is 9.88. The first kappa shape index (κ1) is 33.2. The Morgan fingerprint density at radius 3 is 1.17 bits per heavy atom. The summed E-state index contributed by atoms with van der Waals surface area (Å²) in [5.41, 5.74) is 4.48. The summed E-state index contributed by atoms with van der Waals surface area (Å²) in [6.45, 7) is 0. The van der Waals surface area contributed by atoms with Crippen molar-refractivity contribution in [3.63, 3.8) is 0 Å². The van der Waals surface area contributed by atoms with Gasteiger partial charge in [-0.3, -0.25) is 4.79 Å². The van der Waals surface area contributed by atoms with E-state index in [1.54, 1.807) is 0 Å². The second-order valence-electron chi connectivity index (χ2n) is 6.77. The maximum atomic E-state index is 13.6. The number of hydrogen-bond acceptors (Lipinski definition) is 3. The van der Waals surface area contributed by atoms with Crippen molar-refractivity contribution in [1.29, 1.82) is 0 Å². The highest BCUT2D eigenvalue weighted by atomic mass is 32.2. The number of hydrogen-bond donors (Lipinski definition) is 1. The number of carbonyl (C=O) groups excluding carboxylic acids is 1. The summed E-state index contributed by atoms with van der Waals surface area (Å²) in [5.74, 6) is -62.9. The average Bonchev–Trinajstić information content (AvgIpc) is 2.63. The predicted octanol–water partition coefficient (Wildman–Crippen LogP) is 4.68. The van der Waals surface area contributed by atoms with Crippen LogP contribution in [0.5, 0.6) is 0 Å². The molecule has 0 bridgehead atoms. The van der Waals surface area contributed by atoms with Gasteiger partial charge < -0.3 is 5.73 Å². The van der Waals surface area contributed by atoms with Crippen molar-refractivity contribution >= 4 is 15.7 Å². The molecule has 0 spiro atoms. The van der Waals surface area contributed by atoms with Crippen LogP contribution in [0.2, 0.25) is 0 Å². The van der Waals surface area contributed by atoms with Crippen LogP contribution in [0.15, 0.2) is 0 Å². The van der Waals surface area contributed by atoms with Gasteiger partial charge in [0.05, 0.1) is 11.5 Å². The summed E-state index contributed by atoms with van der Waals surface area (Å²) >= 11 is 0. The Balaban J connectivity index is 6.42. The molecule has 0 atom stereocenters. The number of nitrogens with two attached hydrogens (primary N) is 1. The SMILES string of the molecule is NC(=O)CCS(=O)(=O)CCC(F)(F)C(F)(F)C(F)(F)C(F)(F)C(F)(F)C(F)(F)C(F)(F)C(F)(F)F. The van der Waals surface area contributed by atoms with E-state index >= 15 is 0 Å². The number of carbonyl (C=O) groups is 1. The Morgan fingerprint density at radius 1 is 0.543 bits per heavy atom. The van der Waals surface area contributed by atoms with Crippen molar-refractivity contribution in [1.82, 2.24) is 0 Å². The van der Waals surface area contributed by atoms with Gasteiger partial charge in [0, 0.05) is 12.8 Å². The smallest absolute Gasteiger partial charge is 0.370 e. The van der Waals surface area contributed by atoms with Gasteiger partial charge in [0.15, 0.2) is 9.84 Å². The van der Waals surface area contributed by atoms with Crippen LogP contribution in [0.25, 0.3) is 0 Å². The Labute approximate surface area is 182 Å². The van der Waals surface area contributed by atoms with E-state index in [-0.39, 0.29) is 0 Å². The minimum atomic E-state index is -8.75. The molecule has 4 nitrogen and oxygen atoms in total. The molecule has 0 aliphatic heterocycles. The molecule has 210 valence electrons. The van der Waals surface area contributed by atoms with Gasteiger partial charge >= 0.3 is 47.6 Å². The van der Waals surface area contributed by atoms with Crippen LogP contribution in [0, 0.1) is 0 Å². The number of halogens is 17. The lowest BCUT2D eigenvalue weighted by molar-refractivity contribution is -0.461. The summed E-state index contributed by atoms with van der Waals surface area (Å²) in [4.78, 5) is 10.4. The van der Waals surface area contributed by atoms with E-state index in [0.717, 1.165) is 0 Å². The van der Waals surface area contributed by atoms with Crippen molar-refractivity contribution in [2.24, 2.45) is 5.73 Å². The third-order valence-electron chi connectivity index (χ3n) is 4.17. The first-order valence-electron chi connectivity index (χ1n) is 8.07. The minimum absolute atomic E-state index is 1.16. The molecule has 0 saturated heterocycles. The highest BCUT2D eigenvalue weighted by molar-refractivity contribution is 7.91. The Hall–Kier alpha value is -1.77. The van der Waals surface area contributed by atoms with Crippen molar-refractivity contribution in [3.05, 3.63) is 0 Å². The molecule has 0 aliphatic rings. The van der Waals surface area contributed by atoms with E-state index in [1.807, 2.05) is 0 Å². The second-order valence-corrected chi connectivity index (χ2v) is 9.07. The zero-order chi connectivity index (χ0) is 28.9. The van der Waals surface area contributed by atoms with E-state index in [9.17, 15) is 87.8 Å². The first-order chi connectivity index (χ1) is 14.9. The van der Waals surface area contributed by atoms with Crippen LogP contribution in [-0.2, 0) is 14.6 Å². The van der Waals surface area contributed by atoms with Gasteiger partial charge in [-0.05, 0) is 0 Å². The number of sulfone groups is 1. The van der Waals surface area contributed by atoms with Gasteiger partial charge in [-0.1, -0.05) is 0 Å². The Morgan fingerprint density at radius 2 is 0.857 bits per heavy atom. The normalized spacial score (nSPS) is 15.9. The van der Waals surface area contributed by atoms with Gasteiger partial charge in [-0.25, -0.2) is 8.42 Å². The summed E-state index contributed by atoms with van der Waals surface area (Å²) in [7, 11) is -5.08. The van der Waals surface area contributed by atoms with Crippen molar-refractivity contribution < 1.29 is 87.8 Å². The number of primary amides is 1. The molecule has 0 aromatic carbocycles. The molecule has 0 aliphatic carbocycles. The molecular formula is C13H10F17NO3S. The first-order valence-corrected chi connectivity index (χ1v) is 9.89. The maximum Gasteiger partial charge on any atom is 0.460 e. The lowest BCUT2D eigenvalue weighted by Crippen LogP contribution is -2.74. The van der Waals surface area contributed by atoms with Crippen molar-refractivity contribution in [3.8, 4) is 0 Å². The summed E-state index contributed by atoms with van der Waals surface area (Å²) in [5, 5.41) is 0. The van der Waals surface area contributed by atoms with Crippen molar-refractivity contribution in [2.45, 2.75) is 60.5 Å². The molecule has 0 aromatic heterocycles. The van der Waals surface area contributed by atoms with E-state index < -0.39 is 87.7 Å². The molecule has 0 aromatic rings. The molecule has 0 unspecified atom stereocenters. The van der Waals surface area contributed by atoms with Gasteiger partial charge in [0.1, 0.15) is 0 Å². The Kier molecular flexibility index (Phi) is 8.51. The molecule has 22 heteroatoms. The van der Waals surface area contributed by atoms with E-state index in [1.165, 1.54) is 0 Å². The van der Waals surface area contributed by atoms with Crippen LogP contribution in [0.4, 0.5) is 74.6 Å². The van der Waals surface area contributed by atoms with Crippen LogP contribution < -0.4 is 5.73 Å². The largest absolute Gasteiger partial charge is 0.460 e. The van der Waals surface area contributed by atoms with Crippen LogP contribution >= 0.6 is 0 Å². The standard InChI is InChI=1S/C13H10F17NO3S/c14-6(15,2-4-35(33,34)3-1-5(31)32)7(16,17)8(18,19)9(20,21)10(22,23)11(24,25)12(26,27)13(28,29)30/h1-4H2,(H2,31,32). The van der Waals surface area contributed by atoms with Gasteiger partial charge in [-0.15, -0.1) is 0 Å². The number of rotatable bonds is 12. The molecule has 0 radical (unpaired) electrons. The molecule has 35 heavy (non-hydrogen) atoms. The fourth-order valence-corrected chi connectivity index (χ4v) is 3.28. The highest BCUT2D eigenvalue weighted by Gasteiger charge is 2.95. The second kappa shape index (κ2) is 8.96. The minimum Gasteiger partial charge on any atom is -0.370 e. The molecule has 0 saturated carbocycles. The van der Waals surface area contributed by atoms with E-state index in [4.69, 9.17) is 0 Å². The van der Waals surface area contributed by atoms with Crippen LogP contribution in [0.3, 0.4) is 0 Å². The molecule has 1 amide bonds. The number of amides is 1. The van der Waals surface area contributed by atoms with Gasteiger partial charge in [0.25, 0.3) is 0 Å². The summed E-state index contributed by atoms with van der Waals surface area (Å²) in [6, 6.07) is 0. The van der Waals surface area contributed by atoms with Crippen LogP contribution in [-0.4, -0.2) is 73.5 Å². The van der Waals surface area contributed by atoms with Crippen molar-refractivity contribution in [2.75, 3.05) is 11.5 Å². The monoisotopic (exact) mass is 583 g/mol. The lowest BCUT2D eigenvalue weighted by Gasteiger charge is -2.42. The molecule has 0 heterocycles. The maximum absolute atomic E-state index is 13.6. The van der Waals surface area contributed by atoms with E-state index in [0.29, 0.717) is 0 Å². The molecule has 2 N–H and O–H groups in total. The van der Waals surface area contributed by atoms with E-state index in [2.05, 4.69) is 5.73 Å². The third kappa shape index (κ3) is 5.35. The fourth-order valence-electron chi connectivity index (χ4n) is 2.00.